The molecule has 9 nitrogen and oxygen atoms in total. The van der Waals surface area contributed by atoms with Gasteiger partial charge in [0.25, 0.3) is 5.91 Å². The van der Waals surface area contributed by atoms with Gasteiger partial charge in [0.1, 0.15) is 0 Å². The van der Waals surface area contributed by atoms with Crippen LogP contribution in [0, 0.1) is 0 Å². The maximum absolute atomic E-state index is 12.4. The molecule has 0 spiro atoms. The van der Waals surface area contributed by atoms with E-state index in [1.807, 2.05) is 30.3 Å². The Morgan fingerprint density at radius 2 is 1.73 bits per heavy atom. The van der Waals surface area contributed by atoms with Crippen LogP contribution in [-0.2, 0) is 21.2 Å². The molecule has 0 radical (unpaired) electrons. The SMILES string of the molecule is CN(C)S(=O)(=O)c1ccc(C(=O)Nc2nnc(SCC(=O)NCCc3ccccc3)s2)cc1. The molecule has 3 rings (SSSR count). The number of hydrogen-bond donors (Lipinski definition) is 2. The molecule has 2 amide bonds. The normalized spacial score (nSPS) is 11.4. The van der Waals surface area contributed by atoms with Crippen LogP contribution in [0.25, 0.3) is 0 Å². The van der Waals surface area contributed by atoms with E-state index in [0.717, 1.165) is 27.6 Å². The molecule has 0 aliphatic rings. The first-order chi connectivity index (χ1) is 15.8. The van der Waals surface area contributed by atoms with Crippen molar-refractivity contribution >= 4 is 50.1 Å². The number of aromatic nitrogens is 2. The van der Waals surface area contributed by atoms with Gasteiger partial charge in [-0.25, -0.2) is 12.7 Å². The fraction of sp³-hybridized carbons (Fsp3) is 0.238. The van der Waals surface area contributed by atoms with Gasteiger partial charge in [0.05, 0.1) is 10.6 Å². The van der Waals surface area contributed by atoms with Crippen molar-refractivity contribution in [2.75, 3.05) is 31.7 Å². The van der Waals surface area contributed by atoms with E-state index in [0.29, 0.717) is 10.9 Å². The zero-order chi connectivity index (χ0) is 23.8. The fourth-order valence-corrected chi connectivity index (χ4v) is 5.12. The van der Waals surface area contributed by atoms with Crippen molar-refractivity contribution in [1.29, 1.82) is 0 Å². The lowest BCUT2D eigenvalue weighted by atomic mass is 10.1. The quantitative estimate of drug-likeness (QED) is 0.321. The Hall–Kier alpha value is -2.80. The number of amides is 2. The number of thioether (sulfide) groups is 1. The predicted molar refractivity (Wildman–Crippen MR) is 129 cm³/mol. The zero-order valence-electron chi connectivity index (χ0n) is 18.0. The summed E-state index contributed by atoms with van der Waals surface area (Å²) in [5, 5.41) is 13.7. The molecule has 0 aliphatic carbocycles. The van der Waals surface area contributed by atoms with Crippen LogP contribution in [0.1, 0.15) is 15.9 Å². The Balaban J connectivity index is 1.46. The van der Waals surface area contributed by atoms with E-state index in [-0.39, 0.29) is 27.3 Å². The number of sulfonamides is 1. The number of benzene rings is 2. The van der Waals surface area contributed by atoms with Crippen molar-refractivity contribution in [3.8, 4) is 0 Å². The molecule has 0 aliphatic heterocycles. The smallest absolute Gasteiger partial charge is 0.257 e. The highest BCUT2D eigenvalue weighted by Gasteiger charge is 2.18. The highest BCUT2D eigenvalue weighted by atomic mass is 32.2. The average Bonchev–Trinajstić information content (AvgIpc) is 3.25. The first kappa shape index (κ1) is 24.8. The molecule has 174 valence electrons. The topological polar surface area (TPSA) is 121 Å². The molecule has 2 N–H and O–H groups in total. The average molecular weight is 506 g/mol. The van der Waals surface area contributed by atoms with Crippen molar-refractivity contribution in [1.82, 2.24) is 19.8 Å². The molecule has 0 atom stereocenters. The van der Waals surface area contributed by atoms with Gasteiger partial charge < -0.3 is 5.32 Å². The molecular formula is C21H23N5O4S3. The summed E-state index contributed by atoms with van der Waals surface area (Å²) in [4.78, 5) is 24.5. The van der Waals surface area contributed by atoms with E-state index in [1.165, 1.54) is 50.1 Å². The monoisotopic (exact) mass is 505 g/mol. The molecule has 33 heavy (non-hydrogen) atoms. The summed E-state index contributed by atoms with van der Waals surface area (Å²) in [6.07, 6.45) is 0.758. The van der Waals surface area contributed by atoms with Crippen LogP contribution in [0.3, 0.4) is 0 Å². The summed E-state index contributed by atoms with van der Waals surface area (Å²) in [7, 11) is -0.683. The molecule has 12 heteroatoms. The number of hydrogen-bond acceptors (Lipinski definition) is 8. The molecule has 0 saturated carbocycles. The van der Waals surface area contributed by atoms with Gasteiger partial charge in [0.15, 0.2) is 4.34 Å². The molecule has 0 fully saturated rings. The summed E-state index contributed by atoms with van der Waals surface area (Å²) in [5.74, 6) is -0.348. The Bertz CT molecular complexity index is 1200. The number of nitrogens with zero attached hydrogens (tertiary/aromatic N) is 3. The van der Waals surface area contributed by atoms with E-state index in [4.69, 9.17) is 0 Å². The van der Waals surface area contributed by atoms with E-state index in [1.54, 1.807) is 0 Å². The van der Waals surface area contributed by atoms with Gasteiger partial charge in [0.2, 0.25) is 21.1 Å². The van der Waals surface area contributed by atoms with Gasteiger partial charge in [-0.05, 0) is 36.2 Å². The molecule has 3 aromatic rings. The highest BCUT2D eigenvalue weighted by molar-refractivity contribution is 8.01. The van der Waals surface area contributed by atoms with Crippen LogP contribution in [0.15, 0.2) is 63.8 Å². The predicted octanol–water partition coefficient (Wildman–Crippen LogP) is 2.49. The summed E-state index contributed by atoms with van der Waals surface area (Å²) in [6.45, 7) is 0.551. The number of carbonyl (C=O) groups is 2. The van der Waals surface area contributed by atoms with Crippen LogP contribution >= 0.6 is 23.1 Å². The molecule has 1 heterocycles. The van der Waals surface area contributed by atoms with E-state index in [2.05, 4.69) is 20.8 Å². The number of rotatable bonds is 10. The Morgan fingerprint density at radius 3 is 2.39 bits per heavy atom. The third-order valence-electron chi connectivity index (χ3n) is 4.43. The van der Waals surface area contributed by atoms with E-state index < -0.39 is 15.9 Å². The maximum Gasteiger partial charge on any atom is 0.257 e. The Labute approximate surface area is 200 Å². The van der Waals surface area contributed by atoms with E-state index in [9.17, 15) is 18.0 Å². The van der Waals surface area contributed by atoms with Crippen molar-refractivity contribution in [3.63, 3.8) is 0 Å². The first-order valence-corrected chi connectivity index (χ1v) is 13.1. The third kappa shape index (κ3) is 7.09. The first-order valence-electron chi connectivity index (χ1n) is 9.86. The van der Waals surface area contributed by atoms with Crippen molar-refractivity contribution in [2.24, 2.45) is 0 Å². The molecular weight excluding hydrogens is 482 g/mol. The van der Waals surface area contributed by atoms with Crippen LogP contribution in [0.2, 0.25) is 0 Å². The minimum absolute atomic E-state index is 0.0979. The van der Waals surface area contributed by atoms with Crippen molar-refractivity contribution in [2.45, 2.75) is 15.7 Å². The molecule has 0 bridgehead atoms. The van der Waals surface area contributed by atoms with Gasteiger partial charge in [-0.1, -0.05) is 53.4 Å². The molecule has 0 unspecified atom stereocenters. The Morgan fingerprint density at radius 1 is 1.03 bits per heavy atom. The lowest BCUT2D eigenvalue weighted by Crippen LogP contribution is -2.27. The lowest BCUT2D eigenvalue weighted by molar-refractivity contribution is -0.118. The summed E-state index contributed by atoms with van der Waals surface area (Å²) >= 11 is 2.39. The van der Waals surface area contributed by atoms with E-state index >= 15 is 0 Å². The second-order valence-corrected chi connectivity index (χ2v) is 11.4. The minimum Gasteiger partial charge on any atom is -0.355 e. The van der Waals surface area contributed by atoms with Gasteiger partial charge in [-0.3, -0.25) is 14.9 Å². The molecule has 2 aromatic carbocycles. The van der Waals surface area contributed by atoms with Gasteiger partial charge in [0, 0.05) is 26.2 Å². The van der Waals surface area contributed by atoms with Crippen LogP contribution < -0.4 is 10.6 Å². The van der Waals surface area contributed by atoms with Gasteiger partial charge in [-0.15, -0.1) is 10.2 Å². The third-order valence-corrected chi connectivity index (χ3v) is 8.23. The van der Waals surface area contributed by atoms with Crippen LogP contribution in [0.5, 0.6) is 0 Å². The van der Waals surface area contributed by atoms with Gasteiger partial charge in [-0.2, -0.15) is 0 Å². The fourth-order valence-electron chi connectivity index (χ4n) is 2.65. The minimum atomic E-state index is -3.56. The number of anilines is 1. The summed E-state index contributed by atoms with van der Waals surface area (Å²) in [5.41, 5.74) is 1.44. The highest BCUT2D eigenvalue weighted by Crippen LogP contribution is 2.25. The molecule has 1 aromatic heterocycles. The van der Waals surface area contributed by atoms with Crippen molar-refractivity contribution < 1.29 is 18.0 Å². The number of carbonyl (C=O) groups excluding carboxylic acids is 2. The summed E-state index contributed by atoms with van der Waals surface area (Å²) < 4.78 is 25.9. The standard InChI is InChI=1S/C21H23N5O4S3/c1-26(2)33(29,30)17-10-8-16(9-11-17)19(28)23-20-24-25-21(32-20)31-14-18(27)22-13-12-15-6-4-3-5-7-15/h3-11H,12-14H2,1-2H3,(H,22,27)(H,23,24,28). The second kappa shape index (κ2) is 11.4. The Kier molecular flexibility index (Phi) is 8.55. The van der Waals surface area contributed by atoms with Gasteiger partial charge >= 0.3 is 0 Å². The largest absolute Gasteiger partial charge is 0.355 e. The zero-order valence-corrected chi connectivity index (χ0v) is 20.5. The lowest BCUT2D eigenvalue weighted by Gasteiger charge is -2.11. The van der Waals surface area contributed by atoms with Crippen molar-refractivity contribution in [3.05, 3.63) is 65.7 Å². The molecule has 0 saturated heterocycles. The summed E-state index contributed by atoms with van der Waals surface area (Å²) in [6, 6.07) is 15.5. The maximum atomic E-state index is 12.4. The number of nitrogens with one attached hydrogen (secondary N) is 2. The van der Waals surface area contributed by atoms with Crippen LogP contribution in [-0.4, -0.2) is 61.1 Å². The van der Waals surface area contributed by atoms with Crippen LogP contribution in [0.4, 0.5) is 5.13 Å². The second-order valence-electron chi connectivity index (χ2n) is 7.01.